The number of rotatable bonds is 4. The Hall–Kier alpha value is -0.795. The van der Waals surface area contributed by atoms with Crippen LogP contribution in [0.25, 0.3) is 0 Å². The van der Waals surface area contributed by atoms with Crippen LogP contribution in [0.4, 0.5) is 0 Å². The van der Waals surface area contributed by atoms with E-state index in [1.807, 2.05) is 33.8 Å². The molecule has 2 nitrogen and oxygen atoms in total. The molecule has 0 unspecified atom stereocenters. The van der Waals surface area contributed by atoms with E-state index >= 15 is 0 Å². The van der Waals surface area contributed by atoms with E-state index in [1.165, 1.54) is 0 Å². The molecule has 94 valence electrons. The standard InChI is InChI=1S/C14H23BO2/c1-8-10-12(9-2)11(3)15-16-13(4,5)14(6,7)17-15/h8,10H,1,3,9H2,2,4-7H3/b12-10+. The van der Waals surface area contributed by atoms with Crippen molar-refractivity contribution in [3.05, 3.63) is 36.4 Å². The molecule has 0 aromatic heterocycles. The Bertz CT molecular complexity index is 337. The van der Waals surface area contributed by atoms with E-state index in [0.29, 0.717) is 0 Å². The van der Waals surface area contributed by atoms with Crippen LogP contribution in [-0.2, 0) is 9.31 Å². The third kappa shape index (κ3) is 2.72. The number of allylic oxidation sites excluding steroid dienone is 4. The van der Waals surface area contributed by atoms with Crippen molar-refractivity contribution in [1.29, 1.82) is 0 Å². The minimum atomic E-state index is -0.355. The van der Waals surface area contributed by atoms with E-state index in [4.69, 9.17) is 9.31 Å². The normalized spacial score (nSPS) is 22.6. The maximum atomic E-state index is 5.96. The van der Waals surface area contributed by atoms with E-state index < -0.39 is 0 Å². The Kier molecular flexibility index (Phi) is 4.05. The van der Waals surface area contributed by atoms with Gasteiger partial charge in [0.2, 0.25) is 0 Å². The fourth-order valence-electron chi connectivity index (χ4n) is 1.73. The van der Waals surface area contributed by atoms with Crippen LogP contribution >= 0.6 is 0 Å². The molecule has 1 aliphatic heterocycles. The molecule has 0 amide bonds. The molecule has 0 aromatic carbocycles. The summed E-state index contributed by atoms with van der Waals surface area (Å²) in [4.78, 5) is 0. The topological polar surface area (TPSA) is 18.5 Å². The van der Waals surface area contributed by atoms with Crippen LogP contribution in [0.15, 0.2) is 36.4 Å². The maximum Gasteiger partial charge on any atom is 0.494 e. The lowest BCUT2D eigenvalue weighted by Gasteiger charge is -2.32. The first kappa shape index (κ1) is 14.3. The molecule has 0 spiro atoms. The molecule has 0 aliphatic carbocycles. The van der Waals surface area contributed by atoms with E-state index in [1.54, 1.807) is 6.08 Å². The summed E-state index contributed by atoms with van der Waals surface area (Å²) < 4.78 is 11.9. The van der Waals surface area contributed by atoms with Crippen LogP contribution in [0.5, 0.6) is 0 Å². The largest absolute Gasteiger partial charge is 0.494 e. The highest BCUT2D eigenvalue weighted by molar-refractivity contribution is 6.55. The van der Waals surface area contributed by atoms with E-state index in [0.717, 1.165) is 17.5 Å². The summed E-state index contributed by atoms with van der Waals surface area (Å²) in [5.41, 5.74) is 1.39. The lowest BCUT2D eigenvalue weighted by molar-refractivity contribution is 0.00578. The average molecular weight is 234 g/mol. The Morgan fingerprint density at radius 1 is 1.18 bits per heavy atom. The van der Waals surface area contributed by atoms with Gasteiger partial charge in [-0.15, -0.1) is 0 Å². The second kappa shape index (κ2) is 4.83. The van der Waals surface area contributed by atoms with Crippen LogP contribution in [0.3, 0.4) is 0 Å². The van der Waals surface area contributed by atoms with Gasteiger partial charge in [-0.2, -0.15) is 0 Å². The maximum absolute atomic E-state index is 5.96. The van der Waals surface area contributed by atoms with E-state index in [2.05, 4.69) is 20.1 Å². The lowest BCUT2D eigenvalue weighted by atomic mass is 9.74. The van der Waals surface area contributed by atoms with Gasteiger partial charge in [0, 0.05) is 0 Å². The summed E-state index contributed by atoms with van der Waals surface area (Å²) >= 11 is 0. The van der Waals surface area contributed by atoms with Crippen LogP contribution in [0, 0.1) is 0 Å². The third-order valence-corrected chi connectivity index (χ3v) is 3.65. The molecule has 0 radical (unpaired) electrons. The molecule has 0 aromatic rings. The van der Waals surface area contributed by atoms with Gasteiger partial charge in [0.1, 0.15) is 0 Å². The molecule has 1 saturated heterocycles. The predicted octanol–water partition coefficient (Wildman–Crippen LogP) is 3.70. The Balaban J connectivity index is 2.88. The van der Waals surface area contributed by atoms with Crippen LogP contribution in [0.1, 0.15) is 41.0 Å². The summed E-state index contributed by atoms with van der Waals surface area (Å²) in [6.45, 7) is 18.1. The van der Waals surface area contributed by atoms with Gasteiger partial charge in [-0.3, -0.25) is 0 Å². The first-order valence-electron chi connectivity index (χ1n) is 6.11. The summed E-state index contributed by atoms with van der Waals surface area (Å²) in [7, 11) is -0.355. The monoisotopic (exact) mass is 234 g/mol. The van der Waals surface area contributed by atoms with Crippen molar-refractivity contribution in [3.63, 3.8) is 0 Å². The van der Waals surface area contributed by atoms with Crippen molar-refractivity contribution >= 4 is 7.12 Å². The van der Waals surface area contributed by atoms with Gasteiger partial charge < -0.3 is 9.31 Å². The van der Waals surface area contributed by atoms with Crippen molar-refractivity contribution in [2.24, 2.45) is 0 Å². The molecule has 1 aliphatic rings. The molecular weight excluding hydrogens is 211 g/mol. The number of hydrogen-bond donors (Lipinski definition) is 0. The van der Waals surface area contributed by atoms with Gasteiger partial charge in [-0.25, -0.2) is 0 Å². The fourth-order valence-corrected chi connectivity index (χ4v) is 1.73. The van der Waals surface area contributed by atoms with Crippen molar-refractivity contribution in [1.82, 2.24) is 0 Å². The molecule has 0 atom stereocenters. The quantitative estimate of drug-likeness (QED) is 0.545. The van der Waals surface area contributed by atoms with Crippen molar-refractivity contribution in [3.8, 4) is 0 Å². The first-order valence-corrected chi connectivity index (χ1v) is 6.11. The summed E-state index contributed by atoms with van der Waals surface area (Å²) in [5, 5.41) is 0. The average Bonchev–Trinajstić information content (AvgIpc) is 2.44. The van der Waals surface area contributed by atoms with Gasteiger partial charge in [0.25, 0.3) is 0 Å². The van der Waals surface area contributed by atoms with Crippen LogP contribution in [-0.4, -0.2) is 18.3 Å². The second-order valence-corrected chi connectivity index (χ2v) is 5.39. The van der Waals surface area contributed by atoms with Crippen molar-refractivity contribution in [2.75, 3.05) is 0 Å². The zero-order valence-corrected chi connectivity index (χ0v) is 11.7. The van der Waals surface area contributed by atoms with Crippen molar-refractivity contribution < 1.29 is 9.31 Å². The van der Waals surface area contributed by atoms with Crippen LogP contribution < -0.4 is 0 Å². The number of hydrogen-bond acceptors (Lipinski definition) is 2. The van der Waals surface area contributed by atoms with Gasteiger partial charge in [0.15, 0.2) is 0 Å². The molecule has 1 fully saturated rings. The molecular formula is C14H23BO2. The molecule has 17 heavy (non-hydrogen) atoms. The molecule has 0 N–H and O–H groups in total. The highest BCUT2D eigenvalue weighted by atomic mass is 16.7. The van der Waals surface area contributed by atoms with Gasteiger partial charge in [-0.1, -0.05) is 32.2 Å². The molecule has 0 bridgehead atoms. The van der Waals surface area contributed by atoms with Gasteiger partial charge in [-0.05, 0) is 45.2 Å². The predicted molar refractivity (Wildman–Crippen MR) is 73.8 cm³/mol. The summed E-state index contributed by atoms with van der Waals surface area (Å²) in [6.07, 6.45) is 4.64. The van der Waals surface area contributed by atoms with E-state index in [-0.39, 0.29) is 18.3 Å². The summed E-state index contributed by atoms with van der Waals surface area (Å²) in [6, 6.07) is 0. The minimum Gasteiger partial charge on any atom is -0.399 e. The lowest BCUT2D eigenvalue weighted by Crippen LogP contribution is -2.41. The molecule has 1 rings (SSSR count). The van der Waals surface area contributed by atoms with Crippen LogP contribution in [0.2, 0.25) is 0 Å². The smallest absolute Gasteiger partial charge is 0.399 e. The third-order valence-electron chi connectivity index (χ3n) is 3.65. The fraction of sp³-hybridized carbons (Fsp3) is 0.571. The minimum absolute atomic E-state index is 0.312. The first-order chi connectivity index (χ1) is 7.75. The molecule has 3 heteroatoms. The summed E-state index contributed by atoms with van der Waals surface area (Å²) in [5.74, 6) is 0. The van der Waals surface area contributed by atoms with Gasteiger partial charge >= 0.3 is 7.12 Å². The highest BCUT2D eigenvalue weighted by Gasteiger charge is 2.52. The molecule has 1 heterocycles. The Labute approximate surface area is 106 Å². The zero-order chi connectivity index (χ0) is 13.3. The van der Waals surface area contributed by atoms with Crippen molar-refractivity contribution in [2.45, 2.75) is 52.2 Å². The molecule has 0 saturated carbocycles. The Morgan fingerprint density at radius 3 is 2.00 bits per heavy atom. The highest BCUT2D eigenvalue weighted by Crippen LogP contribution is 2.39. The zero-order valence-electron chi connectivity index (χ0n) is 11.7. The Morgan fingerprint density at radius 2 is 1.65 bits per heavy atom. The second-order valence-electron chi connectivity index (χ2n) is 5.39. The van der Waals surface area contributed by atoms with Gasteiger partial charge in [0.05, 0.1) is 11.2 Å². The van der Waals surface area contributed by atoms with E-state index in [9.17, 15) is 0 Å². The SMILES string of the molecule is C=C/C=C(\CC)C(=C)B1OC(C)(C)C(C)(C)O1.